The number of imidazole rings is 1. The summed E-state index contributed by atoms with van der Waals surface area (Å²) in [5.74, 6) is -0.355. The van der Waals surface area contributed by atoms with E-state index < -0.39 is 18.3 Å². The number of hydrogen-bond acceptors (Lipinski definition) is 6. The molecule has 2 heterocycles. The zero-order valence-electron chi connectivity index (χ0n) is 18.8. The molecule has 9 heteroatoms. The molecule has 0 bridgehead atoms. The first-order valence-electron chi connectivity index (χ1n) is 10.8. The first-order valence-corrected chi connectivity index (χ1v) is 12.9. The van der Waals surface area contributed by atoms with Gasteiger partial charge in [-0.15, -0.1) is 0 Å². The summed E-state index contributed by atoms with van der Waals surface area (Å²) in [6, 6.07) is 5.31. The molecule has 1 aromatic heterocycles. The number of carbonyl (C=O) groups is 2. The van der Waals surface area contributed by atoms with Gasteiger partial charge < -0.3 is 14.0 Å². The van der Waals surface area contributed by atoms with Gasteiger partial charge in [0.05, 0.1) is 12.9 Å². The zero-order chi connectivity index (χ0) is 23.4. The van der Waals surface area contributed by atoms with Gasteiger partial charge in [0, 0.05) is 32.0 Å². The number of nitrogens with zero attached hydrogens (tertiary/aromatic N) is 3. The molecule has 3 atom stereocenters. The summed E-state index contributed by atoms with van der Waals surface area (Å²) in [6.07, 6.45) is 4.09. The van der Waals surface area contributed by atoms with Crippen LogP contribution >= 0.6 is 45.2 Å². The number of carbonyl (C=O) groups excluding carboxylic acids is 2. The van der Waals surface area contributed by atoms with Crippen LogP contribution in [0.5, 0.6) is 0 Å². The lowest BCUT2D eigenvalue weighted by atomic mass is 9.99. The van der Waals surface area contributed by atoms with E-state index >= 15 is 0 Å². The van der Waals surface area contributed by atoms with E-state index in [-0.39, 0.29) is 17.9 Å². The lowest BCUT2D eigenvalue weighted by Crippen LogP contribution is -2.50. The van der Waals surface area contributed by atoms with Crippen molar-refractivity contribution >= 4 is 57.1 Å². The third-order valence-electron chi connectivity index (χ3n) is 5.43. The molecule has 2 aromatic rings. The maximum absolute atomic E-state index is 12.8. The lowest BCUT2D eigenvalue weighted by Gasteiger charge is -2.32. The highest BCUT2D eigenvalue weighted by atomic mass is 127. The minimum atomic E-state index is -0.565. The molecule has 3 rings (SSSR count). The molecule has 0 aliphatic carbocycles. The SMILES string of the molecule is CCOC(=O)C(CC(C)C)N1C(C)OC(=O)C1Cc1cncn1Cc1cc(I)cc(I)c1. The van der Waals surface area contributed by atoms with E-state index in [2.05, 4.69) is 86.8 Å². The van der Waals surface area contributed by atoms with Crippen LogP contribution in [-0.2, 0) is 32.0 Å². The van der Waals surface area contributed by atoms with Gasteiger partial charge >= 0.3 is 11.9 Å². The van der Waals surface area contributed by atoms with Gasteiger partial charge in [0.15, 0.2) is 6.23 Å². The van der Waals surface area contributed by atoms with E-state index in [0.717, 1.165) is 5.69 Å². The summed E-state index contributed by atoms with van der Waals surface area (Å²) in [7, 11) is 0. The van der Waals surface area contributed by atoms with Crippen molar-refractivity contribution in [2.24, 2.45) is 5.92 Å². The van der Waals surface area contributed by atoms with Crippen LogP contribution in [0.1, 0.15) is 45.4 Å². The largest absolute Gasteiger partial charge is 0.465 e. The van der Waals surface area contributed by atoms with Crippen molar-refractivity contribution in [1.29, 1.82) is 0 Å². The molecule has 0 radical (unpaired) electrons. The maximum Gasteiger partial charge on any atom is 0.325 e. The third kappa shape index (κ3) is 6.22. The van der Waals surface area contributed by atoms with Crippen molar-refractivity contribution in [2.45, 2.75) is 65.4 Å². The van der Waals surface area contributed by atoms with Crippen molar-refractivity contribution in [2.75, 3.05) is 6.61 Å². The summed E-state index contributed by atoms with van der Waals surface area (Å²) < 4.78 is 15.3. The highest BCUT2D eigenvalue weighted by molar-refractivity contribution is 14.1. The summed E-state index contributed by atoms with van der Waals surface area (Å²) in [6.45, 7) is 8.69. The summed E-state index contributed by atoms with van der Waals surface area (Å²) >= 11 is 4.63. The Morgan fingerprint density at radius 2 is 1.94 bits per heavy atom. The van der Waals surface area contributed by atoms with Crippen LogP contribution in [-0.4, -0.2) is 51.3 Å². The Hall–Kier alpha value is -1.21. The predicted molar refractivity (Wildman–Crippen MR) is 138 cm³/mol. The maximum atomic E-state index is 12.8. The Morgan fingerprint density at radius 1 is 1.25 bits per heavy atom. The molecule has 7 nitrogen and oxygen atoms in total. The molecular formula is C23H29I2N3O4. The quantitative estimate of drug-likeness (QED) is 0.295. The van der Waals surface area contributed by atoms with Crippen molar-refractivity contribution in [3.8, 4) is 0 Å². The first kappa shape index (κ1) is 25.4. The van der Waals surface area contributed by atoms with E-state index in [9.17, 15) is 9.59 Å². The number of esters is 2. The molecule has 0 saturated carbocycles. The Balaban J connectivity index is 1.85. The van der Waals surface area contributed by atoms with Gasteiger partial charge in [-0.05, 0) is 95.1 Å². The van der Waals surface area contributed by atoms with Crippen LogP contribution < -0.4 is 0 Å². The fourth-order valence-electron chi connectivity index (χ4n) is 4.12. The topological polar surface area (TPSA) is 73.7 Å². The number of hydrogen-bond donors (Lipinski definition) is 0. The van der Waals surface area contributed by atoms with Crippen LogP contribution in [0.4, 0.5) is 0 Å². The van der Waals surface area contributed by atoms with Crippen molar-refractivity contribution in [1.82, 2.24) is 14.5 Å². The first-order chi connectivity index (χ1) is 15.2. The van der Waals surface area contributed by atoms with E-state index in [0.29, 0.717) is 26.0 Å². The average molecular weight is 665 g/mol. The smallest absolute Gasteiger partial charge is 0.325 e. The van der Waals surface area contributed by atoms with Crippen molar-refractivity contribution < 1.29 is 19.1 Å². The van der Waals surface area contributed by atoms with Gasteiger partial charge in [-0.2, -0.15) is 0 Å². The van der Waals surface area contributed by atoms with E-state index in [4.69, 9.17) is 9.47 Å². The monoisotopic (exact) mass is 665 g/mol. The molecule has 1 aliphatic heterocycles. The molecular weight excluding hydrogens is 636 g/mol. The van der Waals surface area contributed by atoms with Crippen molar-refractivity contribution in [3.63, 3.8) is 0 Å². The van der Waals surface area contributed by atoms with Gasteiger partial charge in [-0.1, -0.05) is 13.8 Å². The number of cyclic esters (lactones) is 1. The van der Waals surface area contributed by atoms with Gasteiger partial charge in [0.2, 0.25) is 0 Å². The van der Waals surface area contributed by atoms with E-state index in [1.54, 1.807) is 19.4 Å². The summed E-state index contributed by atoms with van der Waals surface area (Å²) in [5.41, 5.74) is 2.09. The van der Waals surface area contributed by atoms with E-state index in [1.807, 2.05) is 11.8 Å². The molecule has 3 unspecified atom stereocenters. The second-order valence-corrected chi connectivity index (χ2v) is 10.9. The lowest BCUT2D eigenvalue weighted by molar-refractivity contribution is -0.153. The standard InChI is InChI=1S/C23H29I2N3O4/c1-5-31-22(29)20(6-14(2)3)28-15(4)32-23(30)21(28)10-19-11-26-13-27(19)12-16-7-17(24)9-18(25)8-16/h7-9,11,13-15,20-21H,5-6,10,12H2,1-4H3. The molecule has 1 saturated heterocycles. The van der Waals surface area contributed by atoms with Crippen LogP contribution in [0.25, 0.3) is 0 Å². The van der Waals surface area contributed by atoms with Crippen LogP contribution in [0, 0.1) is 13.1 Å². The second-order valence-electron chi connectivity index (χ2n) is 8.39. The number of halogens is 2. The minimum absolute atomic E-state index is 0.265. The second kappa shape index (κ2) is 11.3. The highest BCUT2D eigenvalue weighted by Gasteiger charge is 2.46. The van der Waals surface area contributed by atoms with Gasteiger partial charge in [0.1, 0.15) is 12.1 Å². The zero-order valence-corrected chi connectivity index (χ0v) is 23.1. The molecule has 1 aromatic carbocycles. The Labute approximate surface area is 216 Å². The molecule has 0 N–H and O–H groups in total. The molecule has 0 amide bonds. The van der Waals surface area contributed by atoms with E-state index in [1.165, 1.54) is 12.7 Å². The number of aromatic nitrogens is 2. The molecule has 0 spiro atoms. The molecule has 1 fully saturated rings. The Morgan fingerprint density at radius 3 is 2.56 bits per heavy atom. The number of benzene rings is 1. The summed E-state index contributed by atoms with van der Waals surface area (Å²) in [4.78, 5) is 31.8. The normalized spacial score (nSPS) is 19.9. The highest BCUT2D eigenvalue weighted by Crippen LogP contribution is 2.28. The Bertz CT molecular complexity index is 942. The third-order valence-corrected chi connectivity index (χ3v) is 6.67. The van der Waals surface area contributed by atoms with Crippen LogP contribution in [0.2, 0.25) is 0 Å². The molecule has 32 heavy (non-hydrogen) atoms. The molecule has 1 aliphatic rings. The predicted octanol–water partition coefficient (Wildman–Crippen LogP) is 4.23. The van der Waals surface area contributed by atoms with Gasteiger partial charge in [0.25, 0.3) is 0 Å². The molecule has 174 valence electrons. The van der Waals surface area contributed by atoms with Gasteiger partial charge in [-0.3, -0.25) is 9.59 Å². The number of rotatable bonds is 9. The fourth-order valence-corrected chi connectivity index (χ4v) is 6.19. The van der Waals surface area contributed by atoms with Crippen LogP contribution in [0.15, 0.2) is 30.7 Å². The van der Waals surface area contributed by atoms with Crippen molar-refractivity contribution in [3.05, 3.63) is 49.1 Å². The number of ether oxygens (including phenoxy) is 2. The average Bonchev–Trinajstić information content (AvgIpc) is 3.23. The summed E-state index contributed by atoms with van der Waals surface area (Å²) in [5, 5.41) is 0. The fraction of sp³-hybridized carbons (Fsp3) is 0.522. The van der Waals surface area contributed by atoms with Gasteiger partial charge in [-0.25, -0.2) is 9.88 Å². The minimum Gasteiger partial charge on any atom is -0.465 e. The Kier molecular flexibility index (Phi) is 8.96. The van der Waals surface area contributed by atoms with Crippen LogP contribution in [0.3, 0.4) is 0 Å².